The van der Waals surface area contributed by atoms with Crippen molar-refractivity contribution in [3.05, 3.63) is 58.6 Å². The fourth-order valence-electron chi connectivity index (χ4n) is 1.79. The molecular weight excluding hydrogens is 348 g/mol. The van der Waals surface area contributed by atoms with Crippen LogP contribution in [-0.2, 0) is 4.74 Å². The van der Waals surface area contributed by atoms with Crippen molar-refractivity contribution in [2.75, 3.05) is 17.2 Å². The Kier molecular flexibility index (Phi) is 5.55. The normalized spacial score (nSPS) is 9.91. The summed E-state index contributed by atoms with van der Waals surface area (Å²) in [6.45, 7) is 2.05. The van der Waals surface area contributed by atoms with E-state index in [1.165, 1.54) is 0 Å². The first-order chi connectivity index (χ1) is 10.6. The molecule has 2 N–H and O–H groups in total. The average molecular weight is 363 g/mol. The first-order valence-electron chi connectivity index (χ1n) is 6.70. The van der Waals surface area contributed by atoms with E-state index in [1.54, 1.807) is 37.3 Å². The summed E-state index contributed by atoms with van der Waals surface area (Å²) in [5, 5.41) is 5.40. The van der Waals surface area contributed by atoms with Crippen LogP contribution in [0.1, 0.15) is 17.3 Å². The molecule has 0 aliphatic rings. The summed E-state index contributed by atoms with van der Waals surface area (Å²) in [4.78, 5) is 23.6. The standard InChI is InChI=1S/C16H15BrN2O3/c1-2-22-15(20)11-6-5-7-12(10-11)18-16(21)19-14-9-4-3-8-13(14)17/h3-10H,2H2,1H3,(H2,18,19,21). The van der Waals surface area contributed by atoms with Gasteiger partial charge in [0.1, 0.15) is 0 Å². The van der Waals surface area contributed by atoms with E-state index < -0.39 is 12.0 Å². The van der Waals surface area contributed by atoms with Gasteiger partial charge in [0.15, 0.2) is 0 Å². The lowest BCUT2D eigenvalue weighted by molar-refractivity contribution is 0.0526. The molecule has 0 aromatic heterocycles. The molecule has 0 heterocycles. The van der Waals surface area contributed by atoms with E-state index in [0.717, 1.165) is 4.47 Å². The molecular formula is C16H15BrN2O3. The van der Waals surface area contributed by atoms with E-state index >= 15 is 0 Å². The van der Waals surface area contributed by atoms with Crippen molar-refractivity contribution >= 4 is 39.3 Å². The molecule has 0 aliphatic heterocycles. The number of hydrogen-bond acceptors (Lipinski definition) is 3. The Morgan fingerprint density at radius 1 is 1.09 bits per heavy atom. The van der Waals surface area contributed by atoms with Gasteiger partial charge in [-0.2, -0.15) is 0 Å². The number of para-hydroxylation sites is 1. The Morgan fingerprint density at radius 3 is 2.59 bits per heavy atom. The van der Waals surface area contributed by atoms with E-state index in [0.29, 0.717) is 23.5 Å². The van der Waals surface area contributed by atoms with Gasteiger partial charge in [0.05, 0.1) is 17.9 Å². The first-order valence-corrected chi connectivity index (χ1v) is 7.49. The number of carbonyl (C=O) groups excluding carboxylic acids is 2. The van der Waals surface area contributed by atoms with Crippen LogP contribution in [0.5, 0.6) is 0 Å². The molecule has 0 fully saturated rings. The molecule has 0 bridgehead atoms. The molecule has 5 nitrogen and oxygen atoms in total. The second-order valence-corrected chi connectivity index (χ2v) is 5.21. The van der Waals surface area contributed by atoms with E-state index in [1.807, 2.05) is 18.2 Å². The predicted octanol–water partition coefficient (Wildman–Crippen LogP) is 4.27. The molecule has 0 saturated carbocycles. The topological polar surface area (TPSA) is 67.4 Å². The summed E-state index contributed by atoms with van der Waals surface area (Å²) >= 11 is 3.35. The summed E-state index contributed by atoms with van der Waals surface area (Å²) < 4.78 is 5.71. The smallest absolute Gasteiger partial charge is 0.338 e. The highest BCUT2D eigenvalue weighted by atomic mass is 79.9. The summed E-state index contributed by atoms with van der Waals surface area (Å²) in [7, 11) is 0. The van der Waals surface area contributed by atoms with Crippen LogP contribution in [0.2, 0.25) is 0 Å². The van der Waals surface area contributed by atoms with E-state index in [4.69, 9.17) is 4.74 Å². The van der Waals surface area contributed by atoms with Gasteiger partial charge in [0.2, 0.25) is 0 Å². The predicted molar refractivity (Wildman–Crippen MR) is 89.2 cm³/mol. The van der Waals surface area contributed by atoms with Crippen LogP contribution in [0.3, 0.4) is 0 Å². The molecule has 2 amide bonds. The van der Waals surface area contributed by atoms with Crippen molar-refractivity contribution < 1.29 is 14.3 Å². The maximum atomic E-state index is 12.0. The van der Waals surface area contributed by atoms with Crippen molar-refractivity contribution in [2.45, 2.75) is 6.92 Å². The summed E-state index contributed by atoms with van der Waals surface area (Å²) in [5.74, 6) is -0.419. The molecule has 2 aromatic rings. The number of nitrogens with one attached hydrogen (secondary N) is 2. The molecule has 0 saturated heterocycles. The number of carbonyl (C=O) groups is 2. The van der Waals surface area contributed by atoms with Gasteiger partial charge >= 0.3 is 12.0 Å². The SMILES string of the molecule is CCOC(=O)c1cccc(NC(=O)Nc2ccccc2Br)c1. The third-order valence-corrected chi connectivity index (χ3v) is 3.45. The zero-order chi connectivity index (χ0) is 15.9. The number of amides is 2. The molecule has 0 unspecified atom stereocenters. The number of esters is 1. The Labute approximate surface area is 136 Å². The van der Waals surface area contributed by atoms with Gasteiger partial charge in [-0.05, 0) is 53.2 Å². The number of urea groups is 1. The fourth-order valence-corrected chi connectivity index (χ4v) is 2.17. The maximum Gasteiger partial charge on any atom is 0.338 e. The highest BCUT2D eigenvalue weighted by Crippen LogP contribution is 2.21. The van der Waals surface area contributed by atoms with Crippen LogP contribution in [-0.4, -0.2) is 18.6 Å². The van der Waals surface area contributed by atoms with Crippen molar-refractivity contribution in [3.63, 3.8) is 0 Å². The summed E-state index contributed by atoms with van der Waals surface area (Å²) in [6, 6.07) is 13.5. The number of hydrogen-bond donors (Lipinski definition) is 2. The second kappa shape index (κ2) is 7.61. The van der Waals surface area contributed by atoms with Gasteiger partial charge in [0.25, 0.3) is 0 Å². The van der Waals surface area contributed by atoms with Gasteiger partial charge < -0.3 is 15.4 Å². The van der Waals surface area contributed by atoms with Crippen molar-refractivity contribution in [2.24, 2.45) is 0 Å². The zero-order valence-electron chi connectivity index (χ0n) is 11.9. The first kappa shape index (κ1) is 16.0. The molecule has 0 aliphatic carbocycles. The molecule has 2 rings (SSSR count). The van der Waals surface area contributed by atoms with Crippen molar-refractivity contribution in [1.29, 1.82) is 0 Å². The van der Waals surface area contributed by atoms with Gasteiger partial charge in [-0.1, -0.05) is 18.2 Å². The molecule has 2 aromatic carbocycles. The molecule has 22 heavy (non-hydrogen) atoms. The maximum absolute atomic E-state index is 12.0. The lowest BCUT2D eigenvalue weighted by Gasteiger charge is -2.10. The number of anilines is 2. The molecule has 0 atom stereocenters. The van der Waals surface area contributed by atoms with Crippen molar-refractivity contribution in [1.82, 2.24) is 0 Å². The van der Waals surface area contributed by atoms with Crippen LogP contribution in [0.15, 0.2) is 53.0 Å². The monoisotopic (exact) mass is 362 g/mol. The highest BCUT2D eigenvalue weighted by molar-refractivity contribution is 9.10. The second-order valence-electron chi connectivity index (χ2n) is 4.36. The van der Waals surface area contributed by atoms with Gasteiger partial charge in [-0.25, -0.2) is 9.59 Å². The largest absolute Gasteiger partial charge is 0.462 e. The quantitative estimate of drug-likeness (QED) is 0.798. The Balaban J connectivity index is 2.04. The summed E-state index contributed by atoms with van der Waals surface area (Å²) in [5.41, 5.74) is 1.55. The molecule has 0 spiro atoms. The van der Waals surface area contributed by atoms with Crippen molar-refractivity contribution in [3.8, 4) is 0 Å². The number of ether oxygens (including phenoxy) is 1. The zero-order valence-corrected chi connectivity index (χ0v) is 13.5. The lowest BCUT2D eigenvalue weighted by Crippen LogP contribution is -2.19. The van der Waals surface area contributed by atoms with Crippen LogP contribution < -0.4 is 10.6 Å². The van der Waals surface area contributed by atoms with Gasteiger partial charge in [-0.15, -0.1) is 0 Å². The fraction of sp³-hybridized carbons (Fsp3) is 0.125. The van der Waals surface area contributed by atoms with E-state index in [9.17, 15) is 9.59 Å². The molecule has 6 heteroatoms. The third-order valence-electron chi connectivity index (χ3n) is 2.75. The molecule has 0 radical (unpaired) electrons. The number of benzene rings is 2. The highest BCUT2D eigenvalue weighted by Gasteiger charge is 2.09. The Hall–Kier alpha value is -2.34. The average Bonchev–Trinajstić information content (AvgIpc) is 2.50. The minimum atomic E-state index is -0.419. The van der Waals surface area contributed by atoms with E-state index in [-0.39, 0.29) is 0 Å². The number of halogens is 1. The van der Waals surface area contributed by atoms with E-state index in [2.05, 4.69) is 26.6 Å². The number of rotatable bonds is 4. The Bertz CT molecular complexity index is 689. The van der Waals surface area contributed by atoms with Gasteiger partial charge in [0, 0.05) is 10.2 Å². The van der Waals surface area contributed by atoms with Crippen LogP contribution in [0.25, 0.3) is 0 Å². The van der Waals surface area contributed by atoms with Gasteiger partial charge in [-0.3, -0.25) is 0 Å². The third kappa shape index (κ3) is 4.33. The summed E-state index contributed by atoms with van der Waals surface area (Å²) in [6.07, 6.45) is 0. The minimum absolute atomic E-state index is 0.305. The van der Waals surface area contributed by atoms with Crippen LogP contribution in [0, 0.1) is 0 Å². The Morgan fingerprint density at radius 2 is 1.86 bits per heavy atom. The van der Waals surface area contributed by atoms with Crippen LogP contribution >= 0.6 is 15.9 Å². The van der Waals surface area contributed by atoms with Crippen LogP contribution in [0.4, 0.5) is 16.2 Å². The lowest BCUT2D eigenvalue weighted by atomic mass is 10.2. The minimum Gasteiger partial charge on any atom is -0.462 e. The molecule has 114 valence electrons.